The van der Waals surface area contributed by atoms with Gasteiger partial charge in [0.2, 0.25) is 0 Å². The SMILES string of the molecule is CCCN1C(=O)N/C(=C\c2cc(Br)c(OCc3ccccc3Cl)c(OC)c2)C1=O. The molecule has 1 aliphatic heterocycles. The first-order valence-electron chi connectivity index (χ1n) is 9.02. The average molecular weight is 480 g/mol. The number of urea groups is 1. The van der Waals surface area contributed by atoms with Crippen LogP contribution >= 0.6 is 27.5 Å². The number of nitrogens with one attached hydrogen (secondary N) is 1. The summed E-state index contributed by atoms with van der Waals surface area (Å²) in [6, 6.07) is 10.6. The predicted octanol–water partition coefficient (Wildman–Crippen LogP) is 4.99. The normalized spacial score (nSPS) is 15.0. The van der Waals surface area contributed by atoms with Crippen molar-refractivity contribution < 1.29 is 19.1 Å². The van der Waals surface area contributed by atoms with E-state index in [1.165, 1.54) is 12.0 Å². The van der Waals surface area contributed by atoms with Crippen LogP contribution in [-0.4, -0.2) is 30.5 Å². The molecule has 2 aromatic rings. The summed E-state index contributed by atoms with van der Waals surface area (Å²) in [6.07, 6.45) is 2.31. The molecule has 152 valence electrons. The van der Waals surface area contributed by atoms with Gasteiger partial charge in [0.05, 0.1) is 11.6 Å². The van der Waals surface area contributed by atoms with Crippen molar-refractivity contribution in [2.75, 3.05) is 13.7 Å². The fraction of sp³-hybridized carbons (Fsp3) is 0.238. The Morgan fingerprint density at radius 2 is 2.00 bits per heavy atom. The number of rotatable bonds is 7. The van der Waals surface area contributed by atoms with Crippen LogP contribution in [0.4, 0.5) is 4.79 Å². The summed E-state index contributed by atoms with van der Waals surface area (Å²) in [7, 11) is 1.53. The van der Waals surface area contributed by atoms with Gasteiger partial charge in [-0.2, -0.15) is 0 Å². The van der Waals surface area contributed by atoms with Gasteiger partial charge in [0.25, 0.3) is 5.91 Å². The highest BCUT2D eigenvalue weighted by molar-refractivity contribution is 9.10. The van der Waals surface area contributed by atoms with Gasteiger partial charge in [-0.15, -0.1) is 0 Å². The molecule has 0 radical (unpaired) electrons. The van der Waals surface area contributed by atoms with Crippen LogP contribution in [0.2, 0.25) is 5.02 Å². The second-order valence-corrected chi connectivity index (χ2v) is 7.62. The highest BCUT2D eigenvalue weighted by Gasteiger charge is 2.32. The Morgan fingerprint density at radius 1 is 1.24 bits per heavy atom. The number of hydrogen-bond donors (Lipinski definition) is 1. The molecule has 0 atom stereocenters. The van der Waals surface area contributed by atoms with Crippen molar-refractivity contribution >= 4 is 45.5 Å². The number of imide groups is 1. The molecule has 1 saturated heterocycles. The van der Waals surface area contributed by atoms with Gasteiger partial charge in [-0.25, -0.2) is 4.79 Å². The largest absolute Gasteiger partial charge is 0.493 e. The first-order chi connectivity index (χ1) is 13.9. The fourth-order valence-electron chi connectivity index (χ4n) is 2.89. The van der Waals surface area contributed by atoms with Crippen LogP contribution in [0.25, 0.3) is 6.08 Å². The highest BCUT2D eigenvalue weighted by Crippen LogP contribution is 2.38. The van der Waals surface area contributed by atoms with Crippen molar-refractivity contribution in [1.82, 2.24) is 10.2 Å². The van der Waals surface area contributed by atoms with E-state index >= 15 is 0 Å². The maximum absolute atomic E-state index is 12.4. The lowest BCUT2D eigenvalue weighted by atomic mass is 10.1. The summed E-state index contributed by atoms with van der Waals surface area (Å²) in [5, 5.41) is 3.23. The van der Waals surface area contributed by atoms with Gasteiger partial charge in [0.1, 0.15) is 12.3 Å². The Hall–Kier alpha value is -2.51. The van der Waals surface area contributed by atoms with Crippen molar-refractivity contribution in [3.05, 3.63) is 62.7 Å². The van der Waals surface area contributed by atoms with E-state index in [0.717, 1.165) is 5.56 Å². The van der Waals surface area contributed by atoms with Crippen LogP contribution < -0.4 is 14.8 Å². The molecule has 1 aliphatic rings. The number of carbonyl (C=O) groups is 2. The van der Waals surface area contributed by atoms with Crippen LogP contribution in [0.3, 0.4) is 0 Å². The number of halogens is 2. The lowest BCUT2D eigenvalue weighted by molar-refractivity contribution is -0.122. The molecule has 0 unspecified atom stereocenters. The Balaban J connectivity index is 1.84. The lowest BCUT2D eigenvalue weighted by Crippen LogP contribution is -2.31. The molecule has 2 aromatic carbocycles. The van der Waals surface area contributed by atoms with Gasteiger partial charge in [-0.05, 0) is 52.2 Å². The van der Waals surface area contributed by atoms with Gasteiger partial charge in [-0.1, -0.05) is 36.7 Å². The molecule has 3 amide bonds. The number of nitrogens with zero attached hydrogens (tertiary/aromatic N) is 1. The van der Waals surface area contributed by atoms with Crippen molar-refractivity contribution in [2.45, 2.75) is 20.0 Å². The van der Waals surface area contributed by atoms with E-state index in [1.54, 1.807) is 24.3 Å². The van der Waals surface area contributed by atoms with E-state index in [9.17, 15) is 9.59 Å². The molecule has 1 fully saturated rings. The third kappa shape index (κ3) is 4.74. The van der Waals surface area contributed by atoms with Crippen LogP contribution in [0.15, 0.2) is 46.6 Å². The van der Waals surface area contributed by atoms with E-state index < -0.39 is 6.03 Å². The third-order valence-electron chi connectivity index (χ3n) is 4.30. The Kier molecular flexibility index (Phi) is 6.82. The minimum absolute atomic E-state index is 0.224. The molecule has 1 heterocycles. The van der Waals surface area contributed by atoms with E-state index in [-0.39, 0.29) is 18.2 Å². The second-order valence-electron chi connectivity index (χ2n) is 6.36. The van der Waals surface area contributed by atoms with Gasteiger partial charge < -0.3 is 14.8 Å². The van der Waals surface area contributed by atoms with E-state index in [0.29, 0.717) is 39.5 Å². The highest BCUT2D eigenvalue weighted by atomic mass is 79.9. The molecule has 0 aromatic heterocycles. The van der Waals surface area contributed by atoms with Gasteiger partial charge in [0, 0.05) is 17.1 Å². The van der Waals surface area contributed by atoms with E-state index in [2.05, 4.69) is 21.2 Å². The van der Waals surface area contributed by atoms with E-state index in [1.807, 2.05) is 25.1 Å². The summed E-state index contributed by atoms with van der Waals surface area (Å²) < 4.78 is 12.0. The number of hydrogen-bond acceptors (Lipinski definition) is 4. The Bertz CT molecular complexity index is 977. The molecule has 0 bridgehead atoms. The molecular weight excluding hydrogens is 460 g/mol. The fourth-order valence-corrected chi connectivity index (χ4v) is 3.66. The molecule has 29 heavy (non-hydrogen) atoms. The van der Waals surface area contributed by atoms with Gasteiger partial charge >= 0.3 is 6.03 Å². The lowest BCUT2D eigenvalue weighted by Gasteiger charge is -2.14. The minimum Gasteiger partial charge on any atom is -0.493 e. The zero-order chi connectivity index (χ0) is 21.0. The summed E-state index contributed by atoms with van der Waals surface area (Å²) in [6.45, 7) is 2.56. The molecule has 1 N–H and O–H groups in total. The smallest absolute Gasteiger partial charge is 0.329 e. The minimum atomic E-state index is -0.408. The van der Waals surface area contributed by atoms with Crippen LogP contribution in [0, 0.1) is 0 Å². The number of benzene rings is 2. The van der Waals surface area contributed by atoms with Gasteiger partial charge in [0.15, 0.2) is 11.5 Å². The van der Waals surface area contributed by atoms with E-state index in [4.69, 9.17) is 21.1 Å². The number of methoxy groups -OCH3 is 1. The zero-order valence-corrected chi connectivity index (χ0v) is 18.3. The summed E-state index contributed by atoms with van der Waals surface area (Å²) in [5.74, 6) is 0.662. The monoisotopic (exact) mass is 478 g/mol. The quantitative estimate of drug-likeness (QED) is 0.449. The molecule has 6 nitrogen and oxygen atoms in total. The Labute approximate surface area is 182 Å². The van der Waals surface area contributed by atoms with Gasteiger partial charge in [-0.3, -0.25) is 9.69 Å². The topological polar surface area (TPSA) is 67.9 Å². The summed E-state index contributed by atoms with van der Waals surface area (Å²) in [5.41, 5.74) is 1.76. The first kappa shape index (κ1) is 21.2. The number of ether oxygens (including phenoxy) is 2. The van der Waals surface area contributed by atoms with Crippen molar-refractivity contribution in [3.63, 3.8) is 0 Å². The molecule has 0 aliphatic carbocycles. The molecule has 8 heteroatoms. The van der Waals surface area contributed by atoms with Crippen LogP contribution in [-0.2, 0) is 11.4 Å². The summed E-state index contributed by atoms with van der Waals surface area (Å²) >= 11 is 9.68. The molecule has 3 rings (SSSR count). The summed E-state index contributed by atoms with van der Waals surface area (Å²) in [4.78, 5) is 25.6. The number of carbonyl (C=O) groups excluding carboxylic acids is 2. The maximum atomic E-state index is 12.4. The van der Waals surface area contributed by atoms with Crippen molar-refractivity contribution in [1.29, 1.82) is 0 Å². The average Bonchev–Trinajstić information content (AvgIpc) is 2.95. The zero-order valence-electron chi connectivity index (χ0n) is 16.0. The molecular formula is C21H20BrClN2O4. The second kappa shape index (κ2) is 9.33. The first-order valence-corrected chi connectivity index (χ1v) is 10.2. The van der Waals surface area contributed by atoms with Crippen molar-refractivity contribution in [2.24, 2.45) is 0 Å². The van der Waals surface area contributed by atoms with Crippen LogP contribution in [0.5, 0.6) is 11.5 Å². The third-order valence-corrected chi connectivity index (χ3v) is 5.26. The van der Waals surface area contributed by atoms with Crippen LogP contribution in [0.1, 0.15) is 24.5 Å². The maximum Gasteiger partial charge on any atom is 0.329 e. The Morgan fingerprint density at radius 3 is 2.69 bits per heavy atom. The molecule has 0 saturated carbocycles. The standard InChI is InChI=1S/C21H20BrClN2O4/c1-3-8-25-20(26)17(24-21(25)27)10-13-9-15(22)19(18(11-13)28-2)29-12-14-6-4-5-7-16(14)23/h4-7,9-11H,3,8,12H2,1-2H3,(H,24,27)/b17-10-. The molecule has 0 spiro atoms. The number of amides is 3. The predicted molar refractivity (Wildman–Crippen MR) is 115 cm³/mol. The van der Waals surface area contributed by atoms with Crippen molar-refractivity contribution in [3.8, 4) is 11.5 Å².